The van der Waals surface area contributed by atoms with Crippen molar-refractivity contribution in [2.45, 2.75) is 52.3 Å². The Morgan fingerprint density at radius 3 is 2.53 bits per heavy atom. The third-order valence-corrected chi connectivity index (χ3v) is 5.18. The Labute approximate surface area is 179 Å². The lowest BCUT2D eigenvalue weighted by Crippen LogP contribution is -2.50. The maximum Gasteiger partial charge on any atom is 0.410 e. The zero-order chi connectivity index (χ0) is 21.9. The third-order valence-electron chi connectivity index (χ3n) is 5.18. The molecule has 0 aromatic carbocycles. The van der Waals surface area contributed by atoms with Gasteiger partial charge in [0.2, 0.25) is 0 Å². The predicted molar refractivity (Wildman–Crippen MR) is 116 cm³/mol. The van der Waals surface area contributed by atoms with Crippen LogP contribution in [-0.4, -0.2) is 90.9 Å². The van der Waals surface area contributed by atoms with Crippen LogP contribution < -0.4 is 15.0 Å². The lowest BCUT2D eigenvalue weighted by atomic mass is 10.0. The monoisotopic (exact) mass is 420 g/mol. The van der Waals surface area contributed by atoms with Gasteiger partial charge in [-0.05, 0) is 48.2 Å². The van der Waals surface area contributed by atoms with Crippen molar-refractivity contribution in [3.05, 3.63) is 11.3 Å². The fourth-order valence-electron chi connectivity index (χ4n) is 3.57. The molecule has 1 atom stereocenters. The number of fused-ring (bicyclic) bond motifs is 1. The fraction of sp³-hybridized carbons (Fsp3) is 0.762. The highest BCUT2D eigenvalue weighted by Gasteiger charge is 2.30. The van der Waals surface area contributed by atoms with Gasteiger partial charge in [-0.2, -0.15) is 9.97 Å². The van der Waals surface area contributed by atoms with Crippen molar-refractivity contribution in [1.82, 2.24) is 25.1 Å². The number of rotatable bonds is 5. The van der Waals surface area contributed by atoms with Crippen LogP contribution in [0.4, 0.5) is 10.6 Å². The molecule has 1 aromatic rings. The second-order valence-electron chi connectivity index (χ2n) is 9.35. The van der Waals surface area contributed by atoms with E-state index < -0.39 is 5.60 Å². The second kappa shape index (κ2) is 9.34. The maximum absolute atomic E-state index is 12.4. The summed E-state index contributed by atoms with van der Waals surface area (Å²) < 4.78 is 11.4. The number of nitrogens with one attached hydrogen (secondary N) is 1. The molecule has 0 aliphatic carbocycles. The number of piperazine rings is 1. The predicted octanol–water partition coefficient (Wildman–Crippen LogP) is 1.51. The van der Waals surface area contributed by atoms with Crippen LogP contribution in [-0.2, 0) is 17.7 Å². The number of ether oxygens (including phenoxy) is 2. The van der Waals surface area contributed by atoms with Crippen molar-refractivity contribution >= 4 is 11.9 Å². The minimum absolute atomic E-state index is 0.252. The molecule has 1 saturated heterocycles. The summed E-state index contributed by atoms with van der Waals surface area (Å²) in [5.41, 5.74) is 1.71. The highest BCUT2D eigenvalue weighted by Crippen LogP contribution is 2.28. The van der Waals surface area contributed by atoms with Crippen LogP contribution in [0.1, 0.15) is 39.0 Å². The molecular weight excluding hydrogens is 384 g/mol. The van der Waals surface area contributed by atoms with Gasteiger partial charge >= 0.3 is 12.1 Å². The first-order valence-electron chi connectivity index (χ1n) is 10.8. The minimum Gasteiger partial charge on any atom is -0.462 e. The van der Waals surface area contributed by atoms with Crippen molar-refractivity contribution in [1.29, 1.82) is 0 Å². The first-order chi connectivity index (χ1) is 14.1. The Hall–Kier alpha value is -2.13. The molecule has 3 heterocycles. The number of hydrogen-bond acceptors (Lipinski definition) is 8. The SMILES string of the molecule is C[C@H]1Cc2c(nc(OCCN(C)C)nc2N2CCN(C(=O)OC(C)(C)C)CC2)CN1. The van der Waals surface area contributed by atoms with Gasteiger partial charge in [-0.3, -0.25) is 0 Å². The highest BCUT2D eigenvalue weighted by atomic mass is 16.6. The molecule has 1 aromatic heterocycles. The highest BCUT2D eigenvalue weighted by molar-refractivity contribution is 5.68. The lowest BCUT2D eigenvalue weighted by molar-refractivity contribution is 0.0240. The largest absolute Gasteiger partial charge is 0.462 e. The lowest BCUT2D eigenvalue weighted by Gasteiger charge is -2.37. The maximum atomic E-state index is 12.4. The van der Waals surface area contributed by atoms with Crippen molar-refractivity contribution in [3.8, 4) is 6.01 Å². The van der Waals surface area contributed by atoms with E-state index in [-0.39, 0.29) is 6.09 Å². The molecule has 2 aliphatic heterocycles. The van der Waals surface area contributed by atoms with Crippen molar-refractivity contribution < 1.29 is 14.3 Å². The Morgan fingerprint density at radius 2 is 1.90 bits per heavy atom. The van der Waals surface area contributed by atoms with Crippen LogP contribution >= 0.6 is 0 Å². The topological polar surface area (TPSA) is 83.1 Å². The summed E-state index contributed by atoms with van der Waals surface area (Å²) in [5, 5.41) is 3.47. The normalized spacial score (nSPS) is 19.6. The molecule has 1 N–H and O–H groups in total. The standard InChI is InChI=1S/C21H36N6O3/c1-15-13-16-17(14-22-15)23-19(29-12-11-25(5)6)24-18(16)26-7-9-27(10-8-26)20(28)30-21(2,3)4/h15,22H,7-14H2,1-6H3/t15-/m0/s1. The van der Waals surface area contributed by atoms with Crippen molar-refractivity contribution in [3.63, 3.8) is 0 Å². The molecule has 9 nitrogen and oxygen atoms in total. The van der Waals surface area contributed by atoms with Crippen LogP contribution in [0.15, 0.2) is 0 Å². The Bertz CT molecular complexity index is 741. The van der Waals surface area contributed by atoms with Gasteiger partial charge in [0.1, 0.15) is 18.0 Å². The van der Waals surface area contributed by atoms with Gasteiger partial charge < -0.3 is 29.5 Å². The van der Waals surface area contributed by atoms with Gasteiger partial charge in [0.05, 0.1) is 5.69 Å². The van der Waals surface area contributed by atoms with E-state index in [9.17, 15) is 4.79 Å². The molecule has 1 amide bonds. The van der Waals surface area contributed by atoms with Gasteiger partial charge in [0.15, 0.2) is 0 Å². The Kier molecular flexibility index (Phi) is 7.02. The Balaban J connectivity index is 1.73. The van der Waals surface area contributed by atoms with Crippen LogP contribution in [0, 0.1) is 0 Å². The molecule has 1 fully saturated rings. The quantitative estimate of drug-likeness (QED) is 0.768. The molecule has 30 heavy (non-hydrogen) atoms. The van der Waals surface area contributed by atoms with Gasteiger partial charge in [-0.15, -0.1) is 0 Å². The molecule has 2 aliphatic rings. The van der Waals surface area contributed by atoms with Crippen LogP contribution in [0.25, 0.3) is 0 Å². The van der Waals surface area contributed by atoms with E-state index in [2.05, 4.69) is 27.0 Å². The second-order valence-corrected chi connectivity index (χ2v) is 9.35. The molecule has 0 spiro atoms. The number of nitrogens with zero attached hydrogens (tertiary/aromatic N) is 5. The van der Waals surface area contributed by atoms with Crippen LogP contribution in [0.2, 0.25) is 0 Å². The molecule has 0 bridgehead atoms. The Morgan fingerprint density at radius 1 is 1.20 bits per heavy atom. The smallest absolute Gasteiger partial charge is 0.410 e. The third kappa shape index (κ3) is 5.95. The summed E-state index contributed by atoms with van der Waals surface area (Å²) in [6.45, 7) is 12.5. The average molecular weight is 421 g/mol. The van der Waals surface area contributed by atoms with Crippen molar-refractivity contribution in [2.24, 2.45) is 0 Å². The number of carbonyl (C=O) groups is 1. The average Bonchev–Trinajstić information content (AvgIpc) is 2.66. The van der Waals surface area contributed by atoms with E-state index in [0.717, 1.165) is 24.5 Å². The summed E-state index contributed by atoms with van der Waals surface area (Å²) in [5.74, 6) is 0.942. The van der Waals surface area contributed by atoms with E-state index in [4.69, 9.17) is 14.5 Å². The molecule has 0 saturated carbocycles. The van der Waals surface area contributed by atoms with E-state index >= 15 is 0 Å². The summed E-state index contributed by atoms with van der Waals surface area (Å²) in [6, 6.07) is 0.805. The number of aromatic nitrogens is 2. The minimum atomic E-state index is -0.484. The zero-order valence-corrected chi connectivity index (χ0v) is 19.2. The van der Waals surface area contributed by atoms with E-state index in [1.54, 1.807) is 4.90 Å². The number of likely N-dealkylation sites (N-methyl/N-ethyl adjacent to an activating group) is 1. The van der Waals surface area contributed by atoms with Gasteiger partial charge in [-0.25, -0.2) is 4.79 Å². The molecule has 0 unspecified atom stereocenters. The molecule has 168 valence electrons. The summed E-state index contributed by atoms with van der Waals surface area (Å²) in [4.78, 5) is 27.9. The van der Waals surface area contributed by atoms with Gasteiger partial charge in [0, 0.05) is 50.9 Å². The number of anilines is 1. The van der Waals surface area contributed by atoms with Crippen LogP contribution in [0.3, 0.4) is 0 Å². The molecule has 3 rings (SSSR count). The van der Waals surface area contributed by atoms with E-state index in [0.29, 0.717) is 51.4 Å². The number of amides is 1. The number of hydrogen-bond donors (Lipinski definition) is 1. The van der Waals surface area contributed by atoms with E-state index in [1.807, 2.05) is 34.9 Å². The summed E-state index contributed by atoms with van der Waals surface area (Å²) in [7, 11) is 4.02. The number of carbonyl (C=O) groups excluding carboxylic acids is 1. The first-order valence-corrected chi connectivity index (χ1v) is 10.8. The summed E-state index contributed by atoms with van der Waals surface area (Å²) in [6.07, 6.45) is 0.631. The van der Waals surface area contributed by atoms with Gasteiger partial charge in [-0.1, -0.05) is 0 Å². The molecule has 0 radical (unpaired) electrons. The zero-order valence-electron chi connectivity index (χ0n) is 19.2. The fourth-order valence-corrected chi connectivity index (χ4v) is 3.57. The van der Waals surface area contributed by atoms with Crippen LogP contribution in [0.5, 0.6) is 6.01 Å². The molecular formula is C21H36N6O3. The van der Waals surface area contributed by atoms with E-state index in [1.165, 1.54) is 5.56 Å². The van der Waals surface area contributed by atoms with Crippen molar-refractivity contribution in [2.75, 3.05) is 58.3 Å². The molecule has 9 heteroatoms. The summed E-state index contributed by atoms with van der Waals surface area (Å²) >= 11 is 0. The first kappa shape index (κ1) is 22.6. The van der Waals surface area contributed by atoms with Gasteiger partial charge in [0.25, 0.3) is 0 Å².